The number of nitrogens with two attached hydrogens (primary N) is 2. The highest BCUT2D eigenvalue weighted by Gasteiger charge is 2.08. The number of nitrogens with one attached hydrogen (secondary N) is 1. The lowest BCUT2D eigenvalue weighted by atomic mass is 10.1. The number of carbonyl (C=O) groups is 2. The monoisotopic (exact) mass is 277 g/mol. The number of primary amides is 1. The molecule has 0 saturated heterocycles. The van der Waals surface area contributed by atoms with E-state index in [0.29, 0.717) is 18.7 Å². The van der Waals surface area contributed by atoms with Crippen molar-refractivity contribution in [2.24, 2.45) is 11.5 Å². The maximum atomic E-state index is 11.8. The Morgan fingerprint density at radius 2 is 1.75 bits per heavy atom. The van der Waals surface area contributed by atoms with Crippen LogP contribution in [0.5, 0.6) is 0 Å². The molecule has 0 bridgehead atoms. The van der Waals surface area contributed by atoms with E-state index in [1.54, 1.807) is 12.1 Å². The lowest BCUT2D eigenvalue weighted by Gasteiger charge is -2.09. The molecule has 5 heteroatoms. The van der Waals surface area contributed by atoms with Gasteiger partial charge in [-0.2, -0.15) is 0 Å². The smallest absolute Gasteiger partial charge is 0.224 e. The SMILES string of the molecule is NCCCCCCC(=O)Nc1ccccc1CC(N)=O. The fraction of sp³-hybridized carbons (Fsp3) is 0.467. The van der Waals surface area contributed by atoms with Gasteiger partial charge in [-0.1, -0.05) is 31.0 Å². The van der Waals surface area contributed by atoms with Crippen molar-refractivity contribution in [3.63, 3.8) is 0 Å². The molecule has 5 nitrogen and oxygen atoms in total. The molecule has 0 aliphatic rings. The summed E-state index contributed by atoms with van der Waals surface area (Å²) in [5, 5.41) is 2.84. The van der Waals surface area contributed by atoms with E-state index >= 15 is 0 Å². The van der Waals surface area contributed by atoms with E-state index in [1.165, 1.54) is 0 Å². The van der Waals surface area contributed by atoms with Crippen LogP contribution in [0.15, 0.2) is 24.3 Å². The van der Waals surface area contributed by atoms with E-state index in [9.17, 15) is 9.59 Å². The molecular weight excluding hydrogens is 254 g/mol. The molecule has 1 rings (SSSR count). The summed E-state index contributed by atoms with van der Waals surface area (Å²) < 4.78 is 0. The first kappa shape index (κ1) is 16.2. The van der Waals surface area contributed by atoms with Crippen LogP contribution < -0.4 is 16.8 Å². The third-order valence-corrected chi connectivity index (χ3v) is 3.01. The van der Waals surface area contributed by atoms with Crippen molar-refractivity contribution in [2.75, 3.05) is 11.9 Å². The summed E-state index contributed by atoms with van der Waals surface area (Å²) >= 11 is 0. The number of anilines is 1. The molecule has 0 aliphatic carbocycles. The van der Waals surface area contributed by atoms with E-state index in [0.717, 1.165) is 31.2 Å². The normalized spacial score (nSPS) is 10.2. The first-order valence-corrected chi connectivity index (χ1v) is 6.99. The van der Waals surface area contributed by atoms with Crippen molar-refractivity contribution < 1.29 is 9.59 Å². The maximum Gasteiger partial charge on any atom is 0.224 e. The van der Waals surface area contributed by atoms with Gasteiger partial charge in [-0.05, 0) is 31.0 Å². The van der Waals surface area contributed by atoms with Crippen LogP contribution in [-0.4, -0.2) is 18.4 Å². The first-order chi connectivity index (χ1) is 9.63. The standard InChI is InChI=1S/C15H23N3O2/c16-10-6-2-1-3-9-15(20)18-13-8-5-4-7-12(13)11-14(17)19/h4-5,7-8H,1-3,6,9-11,16H2,(H2,17,19)(H,18,20). The van der Waals surface area contributed by atoms with Gasteiger partial charge < -0.3 is 16.8 Å². The summed E-state index contributed by atoms with van der Waals surface area (Å²) in [6, 6.07) is 7.22. The first-order valence-electron chi connectivity index (χ1n) is 6.99. The van der Waals surface area contributed by atoms with E-state index in [-0.39, 0.29) is 12.3 Å². The molecule has 0 fully saturated rings. The van der Waals surface area contributed by atoms with Crippen molar-refractivity contribution in [1.29, 1.82) is 0 Å². The lowest BCUT2D eigenvalue weighted by Crippen LogP contribution is -2.17. The van der Waals surface area contributed by atoms with Crippen LogP contribution in [0.1, 0.15) is 37.7 Å². The molecule has 0 spiro atoms. The van der Waals surface area contributed by atoms with Gasteiger partial charge >= 0.3 is 0 Å². The Labute approximate surface area is 119 Å². The molecular formula is C15H23N3O2. The molecule has 2 amide bonds. The van der Waals surface area contributed by atoms with Gasteiger partial charge in [0.15, 0.2) is 0 Å². The average Bonchev–Trinajstić information content (AvgIpc) is 2.40. The van der Waals surface area contributed by atoms with Crippen molar-refractivity contribution >= 4 is 17.5 Å². The highest BCUT2D eigenvalue weighted by molar-refractivity contribution is 5.92. The second kappa shape index (κ2) is 9.09. The van der Waals surface area contributed by atoms with E-state index < -0.39 is 5.91 Å². The number of para-hydroxylation sites is 1. The molecule has 0 atom stereocenters. The molecule has 0 aliphatic heterocycles. The third kappa shape index (κ3) is 6.33. The van der Waals surface area contributed by atoms with Crippen LogP contribution in [-0.2, 0) is 16.0 Å². The second-order valence-corrected chi connectivity index (χ2v) is 4.80. The number of unbranched alkanes of at least 4 members (excludes halogenated alkanes) is 3. The highest BCUT2D eigenvalue weighted by atomic mass is 16.2. The molecule has 0 radical (unpaired) electrons. The number of hydrogen-bond acceptors (Lipinski definition) is 3. The molecule has 0 aromatic heterocycles. The number of benzene rings is 1. The molecule has 110 valence electrons. The lowest BCUT2D eigenvalue weighted by molar-refractivity contribution is -0.118. The minimum absolute atomic E-state index is 0.0327. The fourth-order valence-corrected chi connectivity index (χ4v) is 1.98. The summed E-state index contributed by atoms with van der Waals surface area (Å²) in [6.45, 7) is 0.701. The number of amides is 2. The van der Waals surface area contributed by atoms with Gasteiger partial charge in [0.2, 0.25) is 11.8 Å². The average molecular weight is 277 g/mol. The zero-order valence-corrected chi connectivity index (χ0v) is 11.7. The van der Waals surface area contributed by atoms with Gasteiger partial charge in [0.25, 0.3) is 0 Å². The number of rotatable bonds is 9. The quantitative estimate of drug-likeness (QED) is 0.597. The zero-order chi connectivity index (χ0) is 14.8. The summed E-state index contributed by atoms with van der Waals surface area (Å²) in [4.78, 5) is 22.8. The van der Waals surface area contributed by atoms with Gasteiger partial charge in [-0.25, -0.2) is 0 Å². The van der Waals surface area contributed by atoms with Crippen molar-refractivity contribution in [3.8, 4) is 0 Å². The minimum atomic E-state index is -0.409. The Bertz CT molecular complexity index is 446. The van der Waals surface area contributed by atoms with Gasteiger partial charge in [0, 0.05) is 12.1 Å². The summed E-state index contributed by atoms with van der Waals surface area (Å²) in [7, 11) is 0. The van der Waals surface area contributed by atoms with Crippen molar-refractivity contribution in [1.82, 2.24) is 0 Å². The Hall–Kier alpha value is -1.88. The highest BCUT2D eigenvalue weighted by Crippen LogP contribution is 2.16. The summed E-state index contributed by atoms with van der Waals surface area (Å²) in [6.07, 6.45) is 4.53. The zero-order valence-electron chi connectivity index (χ0n) is 11.7. The molecule has 20 heavy (non-hydrogen) atoms. The van der Waals surface area contributed by atoms with Crippen LogP contribution in [0.4, 0.5) is 5.69 Å². The molecule has 0 saturated carbocycles. The molecule has 1 aromatic rings. The number of carbonyl (C=O) groups excluding carboxylic acids is 2. The van der Waals surface area contributed by atoms with Gasteiger partial charge in [-0.15, -0.1) is 0 Å². The largest absolute Gasteiger partial charge is 0.369 e. The predicted molar refractivity (Wildman–Crippen MR) is 80.1 cm³/mol. The van der Waals surface area contributed by atoms with Crippen LogP contribution in [0.25, 0.3) is 0 Å². The minimum Gasteiger partial charge on any atom is -0.369 e. The Balaban J connectivity index is 2.43. The van der Waals surface area contributed by atoms with Crippen LogP contribution in [0.2, 0.25) is 0 Å². The second-order valence-electron chi connectivity index (χ2n) is 4.80. The number of hydrogen-bond donors (Lipinski definition) is 3. The maximum absolute atomic E-state index is 11.8. The molecule has 1 aromatic carbocycles. The van der Waals surface area contributed by atoms with Crippen LogP contribution >= 0.6 is 0 Å². The van der Waals surface area contributed by atoms with E-state index in [4.69, 9.17) is 11.5 Å². The molecule has 0 heterocycles. The van der Waals surface area contributed by atoms with Gasteiger partial charge in [0.05, 0.1) is 6.42 Å². The Kier molecular flexibility index (Phi) is 7.35. The van der Waals surface area contributed by atoms with Gasteiger partial charge in [-0.3, -0.25) is 9.59 Å². The fourth-order valence-electron chi connectivity index (χ4n) is 1.98. The third-order valence-electron chi connectivity index (χ3n) is 3.01. The van der Waals surface area contributed by atoms with Crippen molar-refractivity contribution in [2.45, 2.75) is 38.5 Å². The molecule has 5 N–H and O–H groups in total. The van der Waals surface area contributed by atoms with E-state index in [2.05, 4.69) is 5.32 Å². The predicted octanol–water partition coefficient (Wildman–Crippen LogP) is 1.56. The van der Waals surface area contributed by atoms with Crippen LogP contribution in [0.3, 0.4) is 0 Å². The van der Waals surface area contributed by atoms with Crippen LogP contribution in [0, 0.1) is 0 Å². The van der Waals surface area contributed by atoms with E-state index in [1.807, 2.05) is 12.1 Å². The summed E-state index contributed by atoms with van der Waals surface area (Å²) in [5.41, 5.74) is 12.0. The topological polar surface area (TPSA) is 98.2 Å². The Morgan fingerprint density at radius 1 is 1.05 bits per heavy atom. The molecule has 0 unspecified atom stereocenters. The Morgan fingerprint density at radius 3 is 2.45 bits per heavy atom. The summed E-state index contributed by atoms with van der Waals surface area (Å²) in [5.74, 6) is -0.442. The van der Waals surface area contributed by atoms with Gasteiger partial charge in [0.1, 0.15) is 0 Å². The van der Waals surface area contributed by atoms with Crippen molar-refractivity contribution in [3.05, 3.63) is 29.8 Å².